The largest absolute Gasteiger partial charge is 0.394 e. The third-order valence-electron chi connectivity index (χ3n) is 3.94. The van der Waals surface area contributed by atoms with Crippen LogP contribution in [0.3, 0.4) is 0 Å². The fourth-order valence-corrected chi connectivity index (χ4v) is 2.83. The Balaban J connectivity index is 2.00. The Hall–Kier alpha value is -1.19. The van der Waals surface area contributed by atoms with Gasteiger partial charge < -0.3 is 11.1 Å². The molecular formula is C14H26N4. The molecule has 2 rings (SSSR count). The summed E-state index contributed by atoms with van der Waals surface area (Å²) in [6.07, 6.45) is 6.86. The van der Waals surface area contributed by atoms with Gasteiger partial charge in [0.15, 0.2) is 0 Å². The Morgan fingerprint density at radius 1 is 1.33 bits per heavy atom. The fourth-order valence-electron chi connectivity index (χ4n) is 2.83. The predicted octanol–water partition coefficient (Wildman–Crippen LogP) is 3.12. The lowest BCUT2D eigenvalue weighted by Gasteiger charge is -2.22. The van der Waals surface area contributed by atoms with E-state index in [4.69, 9.17) is 5.73 Å². The highest BCUT2D eigenvalue weighted by Gasteiger charge is 2.18. The zero-order valence-electron chi connectivity index (χ0n) is 11.9. The van der Waals surface area contributed by atoms with Crippen LogP contribution in [0.25, 0.3) is 0 Å². The molecule has 0 spiro atoms. The molecule has 102 valence electrons. The van der Waals surface area contributed by atoms with Crippen molar-refractivity contribution in [1.29, 1.82) is 0 Å². The first kappa shape index (κ1) is 13.2. The highest BCUT2D eigenvalue weighted by atomic mass is 15.3. The first-order valence-electron chi connectivity index (χ1n) is 7.15. The van der Waals surface area contributed by atoms with Crippen LogP contribution >= 0.6 is 0 Å². The number of hydrogen-bond donors (Lipinski definition) is 2. The molecule has 0 aromatic carbocycles. The minimum Gasteiger partial charge on any atom is -0.394 e. The van der Waals surface area contributed by atoms with Crippen LogP contribution in [0, 0.1) is 5.92 Å². The topological polar surface area (TPSA) is 55.9 Å². The number of aryl methyl sites for hydroxylation is 1. The summed E-state index contributed by atoms with van der Waals surface area (Å²) in [5, 5.41) is 8.00. The summed E-state index contributed by atoms with van der Waals surface area (Å²) in [5.41, 5.74) is 8.00. The van der Waals surface area contributed by atoms with Gasteiger partial charge in [0.1, 0.15) is 5.82 Å². The summed E-state index contributed by atoms with van der Waals surface area (Å²) in [5.74, 6) is 2.17. The molecule has 1 aliphatic rings. The molecule has 1 aromatic heterocycles. The van der Waals surface area contributed by atoms with E-state index in [0.29, 0.717) is 5.92 Å². The van der Waals surface area contributed by atoms with E-state index in [-0.39, 0.29) is 0 Å². The summed E-state index contributed by atoms with van der Waals surface area (Å²) in [6, 6.07) is 0. The first-order valence-corrected chi connectivity index (χ1v) is 7.15. The number of nitrogens with two attached hydrogens (primary N) is 1. The molecule has 0 amide bonds. The van der Waals surface area contributed by atoms with Gasteiger partial charge in [0.25, 0.3) is 0 Å². The SMILES string of the molecule is CC(C)c1nn(C)c(NCC2CCCCC2)c1N. The Labute approximate surface area is 110 Å². The van der Waals surface area contributed by atoms with E-state index in [1.807, 2.05) is 11.7 Å². The van der Waals surface area contributed by atoms with E-state index < -0.39 is 0 Å². The molecule has 0 saturated heterocycles. The van der Waals surface area contributed by atoms with Gasteiger partial charge in [-0.25, -0.2) is 0 Å². The Morgan fingerprint density at radius 3 is 2.56 bits per heavy atom. The average molecular weight is 250 g/mol. The Morgan fingerprint density at radius 2 is 2.00 bits per heavy atom. The van der Waals surface area contributed by atoms with E-state index >= 15 is 0 Å². The lowest BCUT2D eigenvalue weighted by molar-refractivity contribution is 0.373. The van der Waals surface area contributed by atoms with Crippen LogP contribution in [0.2, 0.25) is 0 Å². The van der Waals surface area contributed by atoms with Crippen molar-refractivity contribution in [2.75, 3.05) is 17.6 Å². The Bertz CT molecular complexity index is 389. The van der Waals surface area contributed by atoms with Crippen molar-refractivity contribution in [1.82, 2.24) is 9.78 Å². The summed E-state index contributed by atoms with van der Waals surface area (Å²) in [7, 11) is 1.96. The number of aromatic nitrogens is 2. The number of nitrogens with one attached hydrogen (secondary N) is 1. The summed E-state index contributed by atoms with van der Waals surface area (Å²) in [6.45, 7) is 5.29. The highest BCUT2D eigenvalue weighted by molar-refractivity contribution is 5.65. The fraction of sp³-hybridized carbons (Fsp3) is 0.786. The molecule has 0 bridgehead atoms. The van der Waals surface area contributed by atoms with Gasteiger partial charge >= 0.3 is 0 Å². The normalized spacial score (nSPS) is 17.3. The van der Waals surface area contributed by atoms with Crippen molar-refractivity contribution >= 4 is 11.5 Å². The van der Waals surface area contributed by atoms with E-state index in [9.17, 15) is 0 Å². The van der Waals surface area contributed by atoms with Gasteiger partial charge in [-0.3, -0.25) is 4.68 Å². The molecule has 1 aromatic rings. The molecule has 1 saturated carbocycles. The lowest BCUT2D eigenvalue weighted by atomic mass is 9.89. The molecule has 0 radical (unpaired) electrons. The van der Waals surface area contributed by atoms with Crippen molar-refractivity contribution in [2.24, 2.45) is 13.0 Å². The van der Waals surface area contributed by atoms with Crippen molar-refractivity contribution in [3.63, 3.8) is 0 Å². The zero-order chi connectivity index (χ0) is 13.1. The quantitative estimate of drug-likeness (QED) is 0.863. The van der Waals surface area contributed by atoms with Gasteiger partial charge in [-0.2, -0.15) is 5.10 Å². The predicted molar refractivity (Wildman–Crippen MR) is 76.8 cm³/mol. The molecule has 3 N–H and O–H groups in total. The van der Waals surface area contributed by atoms with Crippen LogP contribution in [0.15, 0.2) is 0 Å². The molecule has 0 atom stereocenters. The lowest BCUT2D eigenvalue weighted by Crippen LogP contribution is -2.18. The molecule has 4 nitrogen and oxygen atoms in total. The summed E-state index contributed by atoms with van der Waals surface area (Å²) < 4.78 is 1.88. The smallest absolute Gasteiger partial charge is 0.147 e. The van der Waals surface area contributed by atoms with Crippen LogP contribution in [-0.4, -0.2) is 16.3 Å². The third-order valence-corrected chi connectivity index (χ3v) is 3.94. The monoisotopic (exact) mass is 250 g/mol. The van der Waals surface area contributed by atoms with Crippen molar-refractivity contribution in [3.05, 3.63) is 5.69 Å². The van der Waals surface area contributed by atoms with Gasteiger partial charge in [0.2, 0.25) is 0 Å². The van der Waals surface area contributed by atoms with Gasteiger partial charge in [-0.05, 0) is 24.7 Å². The molecule has 18 heavy (non-hydrogen) atoms. The van der Waals surface area contributed by atoms with Gasteiger partial charge in [-0.1, -0.05) is 33.1 Å². The van der Waals surface area contributed by atoms with Crippen molar-refractivity contribution in [3.8, 4) is 0 Å². The molecule has 4 heteroatoms. The number of rotatable bonds is 4. The van der Waals surface area contributed by atoms with Crippen LogP contribution < -0.4 is 11.1 Å². The van der Waals surface area contributed by atoms with Crippen molar-refractivity contribution < 1.29 is 0 Å². The van der Waals surface area contributed by atoms with E-state index in [2.05, 4.69) is 24.3 Å². The molecule has 0 aliphatic heterocycles. The molecular weight excluding hydrogens is 224 g/mol. The molecule has 1 aliphatic carbocycles. The number of hydrogen-bond acceptors (Lipinski definition) is 3. The highest BCUT2D eigenvalue weighted by Crippen LogP contribution is 2.29. The maximum Gasteiger partial charge on any atom is 0.147 e. The van der Waals surface area contributed by atoms with E-state index in [1.54, 1.807) is 0 Å². The van der Waals surface area contributed by atoms with Crippen molar-refractivity contribution in [2.45, 2.75) is 51.9 Å². The second kappa shape index (κ2) is 5.63. The van der Waals surface area contributed by atoms with Gasteiger partial charge in [-0.15, -0.1) is 0 Å². The number of nitrogen functional groups attached to an aromatic ring is 1. The Kier molecular flexibility index (Phi) is 4.15. The maximum absolute atomic E-state index is 6.17. The maximum atomic E-state index is 6.17. The van der Waals surface area contributed by atoms with Crippen LogP contribution in [0.5, 0.6) is 0 Å². The van der Waals surface area contributed by atoms with Crippen LogP contribution in [-0.2, 0) is 7.05 Å². The summed E-state index contributed by atoms with van der Waals surface area (Å²) >= 11 is 0. The molecule has 1 heterocycles. The van der Waals surface area contributed by atoms with E-state index in [1.165, 1.54) is 32.1 Å². The van der Waals surface area contributed by atoms with Gasteiger partial charge in [0, 0.05) is 13.6 Å². The second-order valence-corrected chi connectivity index (χ2v) is 5.81. The first-order chi connectivity index (χ1) is 8.59. The summed E-state index contributed by atoms with van der Waals surface area (Å²) in [4.78, 5) is 0. The van der Waals surface area contributed by atoms with Crippen LogP contribution in [0.4, 0.5) is 11.5 Å². The molecule has 1 fully saturated rings. The van der Waals surface area contributed by atoms with E-state index in [0.717, 1.165) is 29.7 Å². The van der Waals surface area contributed by atoms with Gasteiger partial charge in [0.05, 0.1) is 11.4 Å². The van der Waals surface area contributed by atoms with Crippen LogP contribution in [0.1, 0.15) is 57.6 Å². The standard InChI is InChI=1S/C14H26N4/c1-10(2)13-12(15)14(18(3)17-13)16-9-11-7-5-4-6-8-11/h10-11,16H,4-9,15H2,1-3H3. The number of anilines is 2. The minimum absolute atomic E-state index is 0.376. The third kappa shape index (κ3) is 2.79. The molecule has 0 unspecified atom stereocenters. The zero-order valence-corrected chi connectivity index (χ0v) is 11.9. The second-order valence-electron chi connectivity index (χ2n) is 5.81. The average Bonchev–Trinajstić information content (AvgIpc) is 2.64. The minimum atomic E-state index is 0.376. The number of nitrogens with zero attached hydrogens (tertiary/aromatic N) is 2.